The summed E-state index contributed by atoms with van der Waals surface area (Å²) in [5.74, 6) is -2.14. The van der Waals surface area contributed by atoms with Crippen LogP contribution in [0.1, 0.15) is 22.2 Å². The normalized spacial score (nSPS) is 12.0. The molecular formula is C15H15FN2O5S. The van der Waals surface area contributed by atoms with Gasteiger partial charge in [-0.2, -0.15) is 0 Å². The summed E-state index contributed by atoms with van der Waals surface area (Å²) >= 11 is 1.04. The van der Waals surface area contributed by atoms with E-state index in [1.807, 2.05) is 5.32 Å². The number of carbonyl (C=O) groups is 3. The highest BCUT2D eigenvalue weighted by Gasteiger charge is 2.25. The van der Waals surface area contributed by atoms with Gasteiger partial charge < -0.3 is 15.2 Å². The number of carbonyl (C=O) groups excluding carboxylic acids is 3. The Balaban J connectivity index is 2.32. The summed E-state index contributed by atoms with van der Waals surface area (Å²) in [5, 5.41) is 2.10. The first-order chi connectivity index (χ1) is 11.3. The summed E-state index contributed by atoms with van der Waals surface area (Å²) in [6, 6.07) is 3.43. The molecule has 1 aromatic heterocycles. The molecule has 3 amide bonds. The Morgan fingerprint density at radius 3 is 2.71 bits per heavy atom. The molecule has 1 heterocycles. The summed E-state index contributed by atoms with van der Waals surface area (Å²) < 4.78 is 24.7. The molecule has 0 aliphatic carbocycles. The SMILES string of the molecule is COCc1c(C(=O)O[C@@H](C)C(=O)NC(N)=O)sc2cccc(F)c12. The minimum atomic E-state index is -1.24. The van der Waals surface area contributed by atoms with Crippen molar-refractivity contribution in [1.29, 1.82) is 0 Å². The quantitative estimate of drug-likeness (QED) is 0.798. The molecule has 2 rings (SSSR count). The molecule has 7 nitrogen and oxygen atoms in total. The number of primary amides is 1. The maximum atomic E-state index is 14.1. The third-order valence-electron chi connectivity index (χ3n) is 3.14. The molecule has 0 unspecified atom stereocenters. The number of imide groups is 1. The van der Waals surface area contributed by atoms with Crippen molar-refractivity contribution in [2.45, 2.75) is 19.6 Å². The van der Waals surface area contributed by atoms with Gasteiger partial charge in [-0.1, -0.05) is 6.07 Å². The van der Waals surface area contributed by atoms with Gasteiger partial charge in [0.25, 0.3) is 5.91 Å². The number of methoxy groups -OCH3 is 1. The average Bonchev–Trinajstić information content (AvgIpc) is 2.87. The van der Waals surface area contributed by atoms with Crippen LogP contribution in [0, 0.1) is 5.82 Å². The number of halogens is 1. The number of nitrogens with one attached hydrogen (secondary N) is 1. The lowest BCUT2D eigenvalue weighted by Crippen LogP contribution is -2.42. The molecule has 0 radical (unpaired) electrons. The largest absolute Gasteiger partial charge is 0.448 e. The highest BCUT2D eigenvalue weighted by Crippen LogP contribution is 2.34. The van der Waals surface area contributed by atoms with Crippen molar-refractivity contribution in [2.75, 3.05) is 7.11 Å². The Labute approximate surface area is 140 Å². The molecule has 1 atom stereocenters. The maximum Gasteiger partial charge on any atom is 0.349 e. The highest BCUT2D eigenvalue weighted by atomic mass is 32.1. The fourth-order valence-corrected chi connectivity index (χ4v) is 3.21. The molecule has 0 spiro atoms. The molecule has 0 aliphatic heterocycles. The predicted molar refractivity (Wildman–Crippen MR) is 85.1 cm³/mol. The van der Waals surface area contributed by atoms with Crippen LogP contribution in [0.15, 0.2) is 18.2 Å². The number of amides is 3. The zero-order chi connectivity index (χ0) is 17.9. The molecular weight excluding hydrogens is 339 g/mol. The summed E-state index contributed by atoms with van der Waals surface area (Å²) in [6.45, 7) is 1.30. The fraction of sp³-hybridized carbons (Fsp3) is 0.267. The Bertz CT molecular complexity index is 805. The Morgan fingerprint density at radius 1 is 1.38 bits per heavy atom. The number of nitrogens with two attached hydrogens (primary N) is 1. The average molecular weight is 354 g/mol. The van der Waals surface area contributed by atoms with Gasteiger partial charge in [0.15, 0.2) is 6.10 Å². The van der Waals surface area contributed by atoms with Gasteiger partial charge in [0.2, 0.25) is 0 Å². The molecule has 128 valence electrons. The van der Waals surface area contributed by atoms with Crippen LogP contribution in [0.5, 0.6) is 0 Å². The molecule has 2 aromatic rings. The predicted octanol–water partition coefficient (Wildman–Crippen LogP) is 1.93. The first-order valence-corrected chi connectivity index (χ1v) is 7.67. The zero-order valence-electron chi connectivity index (χ0n) is 12.9. The van der Waals surface area contributed by atoms with E-state index in [4.69, 9.17) is 15.2 Å². The molecule has 3 N–H and O–H groups in total. The lowest BCUT2D eigenvalue weighted by molar-refractivity contribution is -0.127. The third kappa shape index (κ3) is 3.69. The smallest absolute Gasteiger partial charge is 0.349 e. The van der Waals surface area contributed by atoms with Crippen molar-refractivity contribution < 1.29 is 28.2 Å². The van der Waals surface area contributed by atoms with Gasteiger partial charge in [-0.3, -0.25) is 10.1 Å². The Morgan fingerprint density at radius 2 is 2.08 bits per heavy atom. The van der Waals surface area contributed by atoms with Crippen LogP contribution in [-0.4, -0.2) is 31.1 Å². The van der Waals surface area contributed by atoms with Crippen LogP contribution in [0.2, 0.25) is 0 Å². The minimum absolute atomic E-state index is 0.00717. The number of ether oxygens (including phenoxy) is 2. The second kappa shape index (κ2) is 7.37. The van der Waals surface area contributed by atoms with Crippen molar-refractivity contribution in [1.82, 2.24) is 5.32 Å². The van der Waals surface area contributed by atoms with E-state index in [1.54, 1.807) is 6.07 Å². The number of fused-ring (bicyclic) bond motifs is 1. The fourth-order valence-electron chi connectivity index (χ4n) is 2.10. The molecule has 0 fully saturated rings. The molecule has 0 saturated heterocycles. The first-order valence-electron chi connectivity index (χ1n) is 6.85. The van der Waals surface area contributed by atoms with E-state index < -0.39 is 29.8 Å². The van der Waals surface area contributed by atoms with Gasteiger partial charge in [0.05, 0.1) is 6.61 Å². The third-order valence-corrected chi connectivity index (χ3v) is 4.31. The number of benzene rings is 1. The molecule has 9 heteroatoms. The summed E-state index contributed by atoms with van der Waals surface area (Å²) in [6.07, 6.45) is -1.24. The van der Waals surface area contributed by atoms with E-state index in [0.717, 1.165) is 11.3 Å². The van der Waals surface area contributed by atoms with Gasteiger partial charge in [0, 0.05) is 22.8 Å². The van der Waals surface area contributed by atoms with Crippen molar-refractivity contribution in [2.24, 2.45) is 5.73 Å². The monoisotopic (exact) mass is 354 g/mol. The van der Waals surface area contributed by atoms with Gasteiger partial charge >= 0.3 is 12.0 Å². The Kier molecular flexibility index (Phi) is 5.47. The van der Waals surface area contributed by atoms with Gasteiger partial charge in [-0.05, 0) is 19.1 Å². The highest BCUT2D eigenvalue weighted by molar-refractivity contribution is 7.21. The van der Waals surface area contributed by atoms with E-state index in [1.165, 1.54) is 26.2 Å². The van der Waals surface area contributed by atoms with Crippen molar-refractivity contribution in [3.05, 3.63) is 34.5 Å². The topological polar surface area (TPSA) is 108 Å². The number of rotatable bonds is 5. The molecule has 0 saturated carbocycles. The Hall–Kier alpha value is -2.52. The number of hydrogen-bond acceptors (Lipinski definition) is 6. The minimum Gasteiger partial charge on any atom is -0.448 e. The lowest BCUT2D eigenvalue weighted by atomic mass is 10.1. The van der Waals surface area contributed by atoms with Crippen LogP contribution in [-0.2, 0) is 20.9 Å². The molecule has 0 bridgehead atoms. The zero-order valence-corrected chi connectivity index (χ0v) is 13.7. The van der Waals surface area contributed by atoms with E-state index in [-0.39, 0.29) is 16.9 Å². The van der Waals surface area contributed by atoms with Crippen LogP contribution in [0.25, 0.3) is 10.1 Å². The maximum absolute atomic E-state index is 14.1. The summed E-state index contributed by atoms with van der Waals surface area (Å²) in [4.78, 5) is 34.7. The molecule has 24 heavy (non-hydrogen) atoms. The van der Waals surface area contributed by atoms with Crippen LogP contribution in [0.4, 0.5) is 9.18 Å². The standard InChI is InChI=1S/C15H15FN2O5S/c1-7(13(19)18-15(17)21)23-14(20)12-8(6-22-2)11-9(16)4-3-5-10(11)24-12/h3-5,7H,6H2,1-2H3,(H3,17,18,19,21)/t7-/m0/s1. The number of urea groups is 1. The van der Waals surface area contributed by atoms with Crippen LogP contribution >= 0.6 is 11.3 Å². The van der Waals surface area contributed by atoms with E-state index >= 15 is 0 Å². The van der Waals surface area contributed by atoms with Crippen molar-refractivity contribution >= 4 is 39.3 Å². The molecule has 1 aromatic carbocycles. The summed E-state index contributed by atoms with van der Waals surface area (Å²) in [7, 11) is 1.42. The van der Waals surface area contributed by atoms with Crippen LogP contribution < -0.4 is 11.1 Å². The van der Waals surface area contributed by atoms with Gasteiger partial charge in [-0.15, -0.1) is 11.3 Å². The first kappa shape index (κ1) is 17.8. The number of hydrogen-bond donors (Lipinski definition) is 2. The van der Waals surface area contributed by atoms with Crippen molar-refractivity contribution in [3.8, 4) is 0 Å². The molecule has 0 aliphatic rings. The second-order valence-corrected chi connectivity index (χ2v) is 5.91. The number of thiophene rings is 1. The van der Waals surface area contributed by atoms with Gasteiger partial charge in [0.1, 0.15) is 10.7 Å². The number of esters is 1. The van der Waals surface area contributed by atoms with Crippen LogP contribution in [0.3, 0.4) is 0 Å². The van der Waals surface area contributed by atoms with Crippen molar-refractivity contribution in [3.63, 3.8) is 0 Å². The van der Waals surface area contributed by atoms with E-state index in [9.17, 15) is 18.8 Å². The van der Waals surface area contributed by atoms with E-state index in [0.29, 0.717) is 10.3 Å². The lowest BCUT2D eigenvalue weighted by Gasteiger charge is -2.12. The second-order valence-electron chi connectivity index (χ2n) is 4.86. The summed E-state index contributed by atoms with van der Waals surface area (Å²) in [5.41, 5.74) is 5.19. The van der Waals surface area contributed by atoms with E-state index in [2.05, 4.69) is 0 Å². The van der Waals surface area contributed by atoms with Gasteiger partial charge in [-0.25, -0.2) is 14.0 Å².